The smallest absolute Gasteiger partial charge is 0.323 e. The van der Waals surface area contributed by atoms with E-state index in [1.807, 2.05) is 13.0 Å². The van der Waals surface area contributed by atoms with Crippen LogP contribution in [0.1, 0.15) is 39.9 Å². The first-order valence-electron chi connectivity index (χ1n) is 6.24. The van der Waals surface area contributed by atoms with Crippen LogP contribution in [-0.4, -0.2) is 35.0 Å². The van der Waals surface area contributed by atoms with Crippen molar-refractivity contribution in [1.29, 1.82) is 0 Å². The summed E-state index contributed by atoms with van der Waals surface area (Å²) in [4.78, 5) is 26.4. The summed E-state index contributed by atoms with van der Waals surface area (Å²) in [5.74, 6) is -1.10. The Morgan fingerprint density at radius 2 is 2.22 bits per heavy atom. The van der Waals surface area contributed by atoms with Crippen LogP contribution < -0.4 is 0 Å². The van der Waals surface area contributed by atoms with Crippen molar-refractivity contribution in [1.82, 2.24) is 4.90 Å². The summed E-state index contributed by atoms with van der Waals surface area (Å²) in [5.41, 5.74) is 1.27. The summed E-state index contributed by atoms with van der Waals surface area (Å²) in [6, 6.07) is 1.94. The van der Waals surface area contributed by atoms with Gasteiger partial charge in [-0.15, -0.1) is 11.3 Å². The molecule has 1 aliphatic carbocycles. The van der Waals surface area contributed by atoms with Gasteiger partial charge in [-0.1, -0.05) is 6.92 Å². The standard InChI is InChI=1S/C13H17NO3S/c1-2-6-14(8-12(15)16)13(17)11-7-9-4-3-5-10(9)18-11/h7H,2-6,8H2,1H3,(H,15,16). The van der Waals surface area contributed by atoms with Gasteiger partial charge in [0.05, 0.1) is 4.88 Å². The normalized spacial score (nSPS) is 13.4. The summed E-state index contributed by atoms with van der Waals surface area (Å²) < 4.78 is 0. The largest absolute Gasteiger partial charge is 0.480 e. The number of thiophene rings is 1. The van der Waals surface area contributed by atoms with Crippen LogP contribution in [0.5, 0.6) is 0 Å². The summed E-state index contributed by atoms with van der Waals surface area (Å²) in [7, 11) is 0. The number of hydrogen-bond donors (Lipinski definition) is 1. The molecule has 0 spiro atoms. The Kier molecular flexibility index (Phi) is 4.01. The van der Waals surface area contributed by atoms with Crippen LogP contribution in [0.15, 0.2) is 6.07 Å². The molecule has 2 rings (SSSR count). The molecule has 5 heteroatoms. The zero-order valence-electron chi connectivity index (χ0n) is 10.4. The summed E-state index contributed by atoms with van der Waals surface area (Å²) in [6.07, 6.45) is 4.04. The highest BCUT2D eigenvalue weighted by Gasteiger charge is 2.23. The lowest BCUT2D eigenvalue weighted by atomic mass is 10.2. The molecule has 98 valence electrons. The van der Waals surface area contributed by atoms with Crippen molar-refractivity contribution in [3.63, 3.8) is 0 Å². The van der Waals surface area contributed by atoms with Crippen LogP contribution >= 0.6 is 11.3 Å². The fraction of sp³-hybridized carbons (Fsp3) is 0.538. The first-order chi connectivity index (χ1) is 8.61. The Bertz CT molecular complexity index is 445. The fourth-order valence-electron chi connectivity index (χ4n) is 2.28. The number of aryl methyl sites for hydroxylation is 2. The number of aliphatic carboxylic acids is 1. The average Bonchev–Trinajstić information content (AvgIpc) is 2.86. The second-order valence-electron chi connectivity index (χ2n) is 4.53. The first-order valence-corrected chi connectivity index (χ1v) is 7.06. The van der Waals surface area contributed by atoms with Crippen LogP contribution in [0.3, 0.4) is 0 Å². The maximum Gasteiger partial charge on any atom is 0.323 e. The number of carbonyl (C=O) groups is 2. The highest BCUT2D eigenvalue weighted by Crippen LogP contribution is 2.31. The SMILES string of the molecule is CCCN(CC(=O)O)C(=O)c1cc2c(s1)CCC2. The van der Waals surface area contributed by atoms with Gasteiger partial charge in [0.15, 0.2) is 0 Å². The predicted octanol–water partition coefficient (Wildman–Crippen LogP) is 2.17. The predicted molar refractivity (Wildman–Crippen MR) is 70.2 cm³/mol. The van der Waals surface area contributed by atoms with Crippen LogP contribution in [-0.2, 0) is 17.6 Å². The number of fused-ring (bicyclic) bond motifs is 1. The third kappa shape index (κ3) is 2.72. The van der Waals surface area contributed by atoms with Gasteiger partial charge in [-0.3, -0.25) is 9.59 Å². The monoisotopic (exact) mass is 267 g/mol. The third-order valence-corrected chi connectivity index (χ3v) is 4.29. The van der Waals surface area contributed by atoms with Crippen LogP contribution in [0, 0.1) is 0 Å². The zero-order valence-corrected chi connectivity index (χ0v) is 11.3. The quantitative estimate of drug-likeness (QED) is 0.889. The molecule has 1 heterocycles. The van der Waals surface area contributed by atoms with Crippen LogP contribution in [0.25, 0.3) is 0 Å². The number of amides is 1. The fourth-order valence-corrected chi connectivity index (χ4v) is 3.50. The van der Waals surface area contributed by atoms with Crippen LogP contribution in [0.2, 0.25) is 0 Å². The van der Waals surface area contributed by atoms with Gasteiger partial charge in [0, 0.05) is 11.4 Å². The van der Waals surface area contributed by atoms with E-state index in [0.717, 1.165) is 19.3 Å². The van der Waals surface area contributed by atoms with Gasteiger partial charge in [0.25, 0.3) is 5.91 Å². The number of rotatable bonds is 5. The number of carbonyl (C=O) groups excluding carboxylic acids is 1. The molecule has 0 aromatic carbocycles. The van der Waals surface area contributed by atoms with Gasteiger partial charge in [-0.05, 0) is 37.3 Å². The van der Waals surface area contributed by atoms with E-state index in [1.54, 1.807) is 0 Å². The molecular formula is C13H17NO3S. The lowest BCUT2D eigenvalue weighted by Crippen LogP contribution is -2.35. The van der Waals surface area contributed by atoms with E-state index in [-0.39, 0.29) is 12.5 Å². The number of carboxylic acid groups (broad SMARTS) is 1. The lowest BCUT2D eigenvalue weighted by molar-refractivity contribution is -0.137. The van der Waals surface area contributed by atoms with E-state index < -0.39 is 5.97 Å². The molecule has 18 heavy (non-hydrogen) atoms. The first kappa shape index (κ1) is 13.1. The van der Waals surface area contributed by atoms with Crippen LogP contribution in [0.4, 0.5) is 0 Å². The molecule has 0 atom stereocenters. The Morgan fingerprint density at radius 3 is 2.83 bits per heavy atom. The molecule has 1 aromatic rings. The second-order valence-corrected chi connectivity index (χ2v) is 5.67. The number of carboxylic acids is 1. The topological polar surface area (TPSA) is 57.6 Å². The highest BCUT2D eigenvalue weighted by molar-refractivity contribution is 7.14. The minimum Gasteiger partial charge on any atom is -0.480 e. The Labute approximate surface area is 110 Å². The van der Waals surface area contributed by atoms with E-state index in [9.17, 15) is 9.59 Å². The Balaban J connectivity index is 2.13. The maximum atomic E-state index is 12.2. The van der Waals surface area contributed by atoms with Crippen molar-refractivity contribution >= 4 is 23.2 Å². The molecule has 0 aliphatic heterocycles. The van der Waals surface area contributed by atoms with E-state index in [4.69, 9.17) is 5.11 Å². The van der Waals surface area contributed by atoms with Crippen molar-refractivity contribution in [3.8, 4) is 0 Å². The molecular weight excluding hydrogens is 250 g/mol. The Hall–Kier alpha value is -1.36. The van der Waals surface area contributed by atoms with Gasteiger partial charge in [-0.2, -0.15) is 0 Å². The van der Waals surface area contributed by atoms with Gasteiger partial charge in [0.1, 0.15) is 6.54 Å². The molecule has 0 unspecified atom stereocenters. The molecule has 1 aliphatic rings. The molecule has 1 N–H and O–H groups in total. The number of nitrogens with zero attached hydrogens (tertiary/aromatic N) is 1. The van der Waals surface area contributed by atoms with E-state index in [1.165, 1.54) is 33.1 Å². The summed E-state index contributed by atoms with van der Waals surface area (Å²) in [6.45, 7) is 2.22. The minimum absolute atomic E-state index is 0.140. The molecule has 0 saturated heterocycles. The van der Waals surface area contributed by atoms with Crippen molar-refractivity contribution in [2.45, 2.75) is 32.6 Å². The molecule has 0 bridgehead atoms. The minimum atomic E-state index is -0.958. The second kappa shape index (κ2) is 5.52. The molecule has 1 amide bonds. The van der Waals surface area contributed by atoms with E-state index in [0.29, 0.717) is 11.4 Å². The van der Waals surface area contributed by atoms with E-state index in [2.05, 4.69) is 0 Å². The third-order valence-electron chi connectivity index (χ3n) is 3.06. The molecule has 0 fully saturated rings. The Morgan fingerprint density at radius 1 is 1.44 bits per heavy atom. The lowest BCUT2D eigenvalue weighted by Gasteiger charge is -2.18. The maximum absolute atomic E-state index is 12.2. The molecule has 1 aromatic heterocycles. The molecule has 0 radical (unpaired) electrons. The average molecular weight is 267 g/mol. The van der Waals surface area contributed by atoms with Gasteiger partial charge in [-0.25, -0.2) is 0 Å². The van der Waals surface area contributed by atoms with E-state index >= 15 is 0 Å². The van der Waals surface area contributed by atoms with Crippen molar-refractivity contribution in [3.05, 3.63) is 21.4 Å². The summed E-state index contributed by atoms with van der Waals surface area (Å²) in [5, 5.41) is 8.83. The van der Waals surface area contributed by atoms with Gasteiger partial charge in [0.2, 0.25) is 0 Å². The number of hydrogen-bond acceptors (Lipinski definition) is 3. The van der Waals surface area contributed by atoms with Gasteiger partial charge < -0.3 is 10.0 Å². The van der Waals surface area contributed by atoms with Crippen molar-refractivity contribution < 1.29 is 14.7 Å². The molecule has 0 saturated carbocycles. The summed E-state index contributed by atoms with van der Waals surface area (Å²) >= 11 is 1.53. The molecule has 4 nitrogen and oxygen atoms in total. The van der Waals surface area contributed by atoms with Crippen molar-refractivity contribution in [2.75, 3.05) is 13.1 Å². The van der Waals surface area contributed by atoms with Gasteiger partial charge >= 0.3 is 5.97 Å². The van der Waals surface area contributed by atoms with Crippen molar-refractivity contribution in [2.24, 2.45) is 0 Å². The zero-order chi connectivity index (χ0) is 13.1. The highest BCUT2D eigenvalue weighted by atomic mass is 32.1.